The number of anilines is 1. The minimum absolute atomic E-state index is 0.0344. The van der Waals surface area contributed by atoms with Gasteiger partial charge in [-0.1, -0.05) is 42.5 Å². The molecule has 3 N–H and O–H groups in total. The highest BCUT2D eigenvalue weighted by Gasteiger charge is 2.28. The van der Waals surface area contributed by atoms with E-state index in [0.717, 1.165) is 48.1 Å². The SMILES string of the molecule is CC(c1cccc2c(F)cccc12)N1CCC(C(=O)NCc2ccc(N)cc2)CC1. The number of nitrogen functional groups attached to an aromatic ring is 1. The fourth-order valence-electron chi connectivity index (χ4n) is 4.37. The zero-order valence-corrected chi connectivity index (χ0v) is 17.3. The van der Waals surface area contributed by atoms with Crippen molar-refractivity contribution in [1.29, 1.82) is 0 Å². The Morgan fingerprint density at radius 1 is 1.07 bits per heavy atom. The highest BCUT2D eigenvalue weighted by atomic mass is 19.1. The van der Waals surface area contributed by atoms with Gasteiger partial charge in [0.15, 0.2) is 0 Å². The maximum atomic E-state index is 14.2. The van der Waals surface area contributed by atoms with Crippen LogP contribution in [0.3, 0.4) is 0 Å². The summed E-state index contributed by atoms with van der Waals surface area (Å²) in [5.41, 5.74) is 8.61. The van der Waals surface area contributed by atoms with Crippen molar-refractivity contribution in [2.75, 3.05) is 18.8 Å². The standard InChI is InChI=1S/C25H28FN3O/c1-17(21-4-2-6-23-22(21)5-3-7-24(23)26)29-14-12-19(13-15-29)25(30)28-16-18-8-10-20(27)11-9-18/h2-11,17,19H,12-16,27H2,1H3,(H,28,30). The Balaban J connectivity index is 1.35. The van der Waals surface area contributed by atoms with Gasteiger partial charge < -0.3 is 11.1 Å². The highest BCUT2D eigenvalue weighted by Crippen LogP contribution is 2.32. The zero-order chi connectivity index (χ0) is 21.1. The van der Waals surface area contributed by atoms with E-state index in [-0.39, 0.29) is 23.7 Å². The van der Waals surface area contributed by atoms with Gasteiger partial charge >= 0.3 is 0 Å². The molecule has 4 nitrogen and oxygen atoms in total. The third kappa shape index (κ3) is 4.31. The predicted octanol–water partition coefficient (Wildman–Crippen LogP) is 4.65. The third-order valence-electron chi connectivity index (χ3n) is 6.25. The van der Waals surface area contributed by atoms with Crippen LogP contribution < -0.4 is 11.1 Å². The summed E-state index contributed by atoms with van der Waals surface area (Å²) in [6.07, 6.45) is 1.66. The maximum absolute atomic E-state index is 14.2. The molecule has 1 unspecified atom stereocenters. The van der Waals surface area contributed by atoms with Crippen molar-refractivity contribution in [2.24, 2.45) is 5.92 Å². The molecule has 3 aromatic rings. The first-order valence-corrected chi connectivity index (χ1v) is 10.6. The van der Waals surface area contributed by atoms with Crippen LogP contribution in [0.5, 0.6) is 0 Å². The van der Waals surface area contributed by atoms with Gasteiger partial charge in [0, 0.05) is 29.6 Å². The number of rotatable bonds is 5. The Labute approximate surface area is 176 Å². The Hall–Kier alpha value is -2.92. The van der Waals surface area contributed by atoms with E-state index in [9.17, 15) is 9.18 Å². The molecule has 0 aliphatic carbocycles. The molecule has 30 heavy (non-hydrogen) atoms. The van der Waals surface area contributed by atoms with Crippen LogP contribution in [0.15, 0.2) is 60.7 Å². The molecule has 1 atom stereocenters. The molecule has 4 rings (SSSR count). The number of piperidine rings is 1. The number of amides is 1. The lowest BCUT2D eigenvalue weighted by Gasteiger charge is -2.36. The van der Waals surface area contributed by atoms with E-state index in [1.54, 1.807) is 6.07 Å². The average Bonchev–Trinajstić information content (AvgIpc) is 2.78. The average molecular weight is 406 g/mol. The molecule has 1 saturated heterocycles. The summed E-state index contributed by atoms with van der Waals surface area (Å²) in [5.74, 6) is -0.0309. The van der Waals surface area contributed by atoms with Crippen molar-refractivity contribution in [3.05, 3.63) is 77.6 Å². The van der Waals surface area contributed by atoms with E-state index in [0.29, 0.717) is 11.9 Å². The van der Waals surface area contributed by atoms with Crippen LogP contribution in [0, 0.1) is 11.7 Å². The number of carbonyl (C=O) groups is 1. The largest absolute Gasteiger partial charge is 0.399 e. The molecular formula is C25H28FN3O. The molecule has 0 saturated carbocycles. The minimum atomic E-state index is -0.182. The predicted molar refractivity (Wildman–Crippen MR) is 119 cm³/mol. The number of carbonyl (C=O) groups excluding carboxylic acids is 1. The van der Waals surface area contributed by atoms with Gasteiger partial charge in [-0.3, -0.25) is 9.69 Å². The van der Waals surface area contributed by atoms with Gasteiger partial charge in [-0.2, -0.15) is 0 Å². The van der Waals surface area contributed by atoms with Crippen molar-refractivity contribution in [2.45, 2.75) is 32.4 Å². The van der Waals surface area contributed by atoms with Gasteiger partial charge in [-0.15, -0.1) is 0 Å². The van der Waals surface area contributed by atoms with E-state index in [2.05, 4.69) is 23.2 Å². The second-order valence-corrected chi connectivity index (χ2v) is 8.13. The molecule has 1 fully saturated rings. The topological polar surface area (TPSA) is 58.4 Å². The third-order valence-corrected chi connectivity index (χ3v) is 6.25. The van der Waals surface area contributed by atoms with E-state index in [4.69, 9.17) is 5.73 Å². The molecule has 1 amide bonds. The summed E-state index contributed by atoms with van der Waals surface area (Å²) in [4.78, 5) is 15.0. The summed E-state index contributed by atoms with van der Waals surface area (Å²) < 4.78 is 14.2. The van der Waals surface area contributed by atoms with Crippen molar-refractivity contribution in [1.82, 2.24) is 10.2 Å². The molecule has 156 valence electrons. The molecule has 0 aromatic heterocycles. The first kappa shape index (κ1) is 20.4. The minimum Gasteiger partial charge on any atom is -0.399 e. The van der Waals surface area contributed by atoms with Gasteiger partial charge in [0.1, 0.15) is 5.82 Å². The lowest BCUT2D eigenvalue weighted by atomic mass is 9.92. The Morgan fingerprint density at radius 3 is 2.47 bits per heavy atom. The van der Waals surface area contributed by atoms with Crippen molar-refractivity contribution in [3.8, 4) is 0 Å². The lowest BCUT2D eigenvalue weighted by Crippen LogP contribution is -2.41. The zero-order valence-electron chi connectivity index (χ0n) is 17.3. The monoisotopic (exact) mass is 405 g/mol. The van der Waals surface area contributed by atoms with E-state index >= 15 is 0 Å². The fourth-order valence-corrected chi connectivity index (χ4v) is 4.37. The molecule has 1 heterocycles. The normalized spacial score (nSPS) is 16.5. The summed E-state index contributed by atoms with van der Waals surface area (Å²) in [7, 11) is 0. The molecule has 1 aliphatic rings. The quantitative estimate of drug-likeness (QED) is 0.608. The Bertz CT molecular complexity index is 1030. The molecule has 3 aromatic carbocycles. The summed E-state index contributed by atoms with van der Waals surface area (Å²) in [5, 5.41) is 4.69. The van der Waals surface area contributed by atoms with Crippen LogP contribution in [0.1, 0.15) is 36.9 Å². The van der Waals surface area contributed by atoms with Crippen LogP contribution >= 0.6 is 0 Å². The van der Waals surface area contributed by atoms with Gasteiger partial charge in [0.05, 0.1) is 0 Å². The fraction of sp³-hybridized carbons (Fsp3) is 0.320. The number of benzene rings is 3. The van der Waals surface area contributed by atoms with Crippen LogP contribution in [0.4, 0.5) is 10.1 Å². The lowest BCUT2D eigenvalue weighted by molar-refractivity contribution is -0.126. The van der Waals surface area contributed by atoms with Gasteiger partial charge in [0.25, 0.3) is 0 Å². The summed E-state index contributed by atoms with van der Waals surface area (Å²) >= 11 is 0. The molecule has 0 radical (unpaired) electrons. The number of hydrogen-bond donors (Lipinski definition) is 2. The van der Waals surface area contributed by atoms with E-state index in [1.807, 2.05) is 42.5 Å². The van der Waals surface area contributed by atoms with Gasteiger partial charge in [-0.25, -0.2) is 4.39 Å². The number of nitrogens with zero attached hydrogens (tertiary/aromatic N) is 1. The van der Waals surface area contributed by atoms with Crippen molar-refractivity contribution >= 4 is 22.4 Å². The number of halogens is 1. The Kier molecular flexibility index (Phi) is 6.00. The molecule has 0 spiro atoms. The number of likely N-dealkylation sites (tertiary alicyclic amines) is 1. The second-order valence-electron chi connectivity index (χ2n) is 8.13. The molecule has 5 heteroatoms. The van der Waals surface area contributed by atoms with Crippen LogP contribution in [-0.4, -0.2) is 23.9 Å². The van der Waals surface area contributed by atoms with E-state index < -0.39 is 0 Å². The second kappa shape index (κ2) is 8.84. The summed E-state index contributed by atoms with van der Waals surface area (Å²) in [6.45, 7) is 4.40. The van der Waals surface area contributed by atoms with Crippen LogP contribution in [0.2, 0.25) is 0 Å². The number of fused-ring (bicyclic) bond motifs is 1. The first-order chi connectivity index (χ1) is 14.5. The van der Waals surface area contributed by atoms with Crippen molar-refractivity contribution < 1.29 is 9.18 Å². The molecular weight excluding hydrogens is 377 g/mol. The Morgan fingerprint density at radius 2 is 1.73 bits per heavy atom. The van der Waals surface area contributed by atoms with Crippen LogP contribution in [-0.2, 0) is 11.3 Å². The maximum Gasteiger partial charge on any atom is 0.223 e. The van der Waals surface area contributed by atoms with Crippen LogP contribution in [0.25, 0.3) is 10.8 Å². The molecule has 0 bridgehead atoms. The van der Waals surface area contributed by atoms with E-state index in [1.165, 1.54) is 6.07 Å². The number of nitrogens with two attached hydrogens (primary N) is 1. The summed E-state index contributed by atoms with van der Waals surface area (Å²) in [6, 6.07) is 18.8. The number of nitrogens with one attached hydrogen (secondary N) is 1. The van der Waals surface area contributed by atoms with Gasteiger partial charge in [0.2, 0.25) is 5.91 Å². The molecule has 1 aliphatic heterocycles. The number of hydrogen-bond acceptors (Lipinski definition) is 3. The smallest absolute Gasteiger partial charge is 0.223 e. The first-order valence-electron chi connectivity index (χ1n) is 10.6. The van der Waals surface area contributed by atoms with Crippen molar-refractivity contribution in [3.63, 3.8) is 0 Å². The highest BCUT2D eigenvalue weighted by molar-refractivity contribution is 5.86. The van der Waals surface area contributed by atoms with Gasteiger partial charge in [-0.05, 0) is 67.6 Å².